The van der Waals surface area contributed by atoms with Crippen molar-refractivity contribution in [2.24, 2.45) is 0 Å². The Hall–Kier alpha value is -1.43. The molecule has 6 heteroatoms. The molecule has 5 nitrogen and oxygen atoms in total. The number of amides is 2. The van der Waals surface area contributed by atoms with E-state index in [1.807, 2.05) is 0 Å². The average Bonchev–Trinajstić information content (AvgIpc) is 2.25. The fourth-order valence-corrected chi connectivity index (χ4v) is 1.26. The third-order valence-electron chi connectivity index (χ3n) is 1.77. The molecule has 86 valence electrons. The Labute approximate surface area is 102 Å². The highest BCUT2D eigenvalue weighted by atomic mass is 79.9. The molecular weight excluding hydrogens is 274 g/mol. The maximum Gasteiger partial charge on any atom is 0.252 e. The zero-order valence-electron chi connectivity index (χ0n) is 8.79. The van der Waals surface area contributed by atoms with Crippen LogP contribution in [0.15, 0.2) is 22.9 Å². The predicted molar refractivity (Wildman–Crippen MR) is 63.0 cm³/mol. The molecule has 0 aliphatic heterocycles. The van der Waals surface area contributed by atoms with Crippen LogP contribution >= 0.6 is 15.9 Å². The van der Waals surface area contributed by atoms with Crippen LogP contribution in [0, 0.1) is 0 Å². The van der Waals surface area contributed by atoms with Gasteiger partial charge in [-0.3, -0.25) is 9.59 Å². The summed E-state index contributed by atoms with van der Waals surface area (Å²) in [5.41, 5.74) is 0.492. The average molecular weight is 286 g/mol. The van der Waals surface area contributed by atoms with Gasteiger partial charge in [-0.1, -0.05) is 0 Å². The van der Waals surface area contributed by atoms with Gasteiger partial charge in [0.2, 0.25) is 5.91 Å². The second-order valence-electron chi connectivity index (χ2n) is 3.11. The van der Waals surface area contributed by atoms with E-state index < -0.39 is 0 Å². The Morgan fingerprint density at radius 2 is 2.00 bits per heavy atom. The highest BCUT2D eigenvalue weighted by molar-refractivity contribution is 9.10. The van der Waals surface area contributed by atoms with Gasteiger partial charge in [0.25, 0.3) is 5.91 Å². The van der Waals surface area contributed by atoms with Crippen LogP contribution in [0.3, 0.4) is 0 Å². The summed E-state index contributed by atoms with van der Waals surface area (Å²) in [5, 5.41) is 5.25. The number of pyridine rings is 1. The smallest absolute Gasteiger partial charge is 0.252 e. The van der Waals surface area contributed by atoms with Crippen molar-refractivity contribution >= 4 is 27.7 Å². The van der Waals surface area contributed by atoms with Gasteiger partial charge in [0, 0.05) is 26.2 Å². The van der Waals surface area contributed by atoms with Crippen molar-refractivity contribution in [3.8, 4) is 0 Å². The molecule has 1 aromatic rings. The Morgan fingerprint density at radius 1 is 1.31 bits per heavy atom. The van der Waals surface area contributed by atoms with Crippen molar-refractivity contribution in [3.05, 3.63) is 28.5 Å². The number of nitrogens with one attached hydrogen (secondary N) is 2. The van der Waals surface area contributed by atoms with Gasteiger partial charge in [-0.05, 0) is 28.1 Å². The first kappa shape index (κ1) is 12.6. The number of hydrogen-bond acceptors (Lipinski definition) is 3. The van der Waals surface area contributed by atoms with Crippen LogP contribution in [0.2, 0.25) is 0 Å². The monoisotopic (exact) mass is 285 g/mol. The SMILES string of the molecule is CC(=O)NCCNC(=O)c1ccc(Br)nc1. The fraction of sp³-hybridized carbons (Fsp3) is 0.300. The molecule has 2 N–H and O–H groups in total. The molecule has 0 radical (unpaired) electrons. The summed E-state index contributed by atoms with van der Waals surface area (Å²) in [6.07, 6.45) is 1.48. The summed E-state index contributed by atoms with van der Waals surface area (Å²) < 4.78 is 0.683. The van der Waals surface area contributed by atoms with E-state index in [2.05, 4.69) is 31.5 Å². The van der Waals surface area contributed by atoms with Gasteiger partial charge in [-0.15, -0.1) is 0 Å². The van der Waals surface area contributed by atoms with Crippen molar-refractivity contribution in [2.75, 3.05) is 13.1 Å². The quantitative estimate of drug-likeness (QED) is 0.632. The first-order valence-electron chi connectivity index (χ1n) is 4.74. The van der Waals surface area contributed by atoms with E-state index >= 15 is 0 Å². The first-order chi connectivity index (χ1) is 7.59. The van der Waals surface area contributed by atoms with Crippen LogP contribution < -0.4 is 10.6 Å². The lowest BCUT2D eigenvalue weighted by Crippen LogP contribution is -2.33. The fourth-order valence-electron chi connectivity index (χ4n) is 1.03. The molecule has 0 aromatic carbocycles. The van der Waals surface area contributed by atoms with Gasteiger partial charge in [-0.2, -0.15) is 0 Å². The molecule has 0 aliphatic carbocycles. The lowest BCUT2D eigenvalue weighted by Gasteiger charge is -2.05. The number of hydrogen-bond donors (Lipinski definition) is 2. The van der Waals surface area contributed by atoms with Gasteiger partial charge in [-0.25, -0.2) is 4.98 Å². The topological polar surface area (TPSA) is 71.1 Å². The van der Waals surface area contributed by atoms with Gasteiger partial charge in [0.1, 0.15) is 4.60 Å². The maximum absolute atomic E-state index is 11.5. The Bertz CT molecular complexity index is 378. The van der Waals surface area contributed by atoms with Gasteiger partial charge in [0.15, 0.2) is 0 Å². The zero-order chi connectivity index (χ0) is 12.0. The molecule has 1 heterocycles. The van der Waals surface area contributed by atoms with E-state index in [9.17, 15) is 9.59 Å². The number of carbonyl (C=O) groups excluding carboxylic acids is 2. The lowest BCUT2D eigenvalue weighted by molar-refractivity contribution is -0.118. The number of aromatic nitrogens is 1. The molecule has 0 aliphatic rings. The molecule has 0 bridgehead atoms. The predicted octanol–water partition coefficient (Wildman–Crippen LogP) is 0.710. The summed E-state index contributed by atoms with van der Waals surface area (Å²) in [4.78, 5) is 26.0. The van der Waals surface area contributed by atoms with E-state index in [0.29, 0.717) is 23.3 Å². The summed E-state index contributed by atoms with van der Waals surface area (Å²) in [6.45, 7) is 2.25. The molecule has 0 saturated heterocycles. The van der Waals surface area contributed by atoms with E-state index in [1.54, 1.807) is 12.1 Å². The van der Waals surface area contributed by atoms with Crippen molar-refractivity contribution in [2.45, 2.75) is 6.92 Å². The Morgan fingerprint density at radius 3 is 2.56 bits per heavy atom. The molecule has 0 unspecified atom stereocenters. The van der Waals surface area contributed by atoms with Crippen LogP contribution in [0.25, 0.3) is 0 Å². The van der Waals surface area contributed by atoms with Crippen LogP contribution in [0.1, 0.15) is 17.3 Å². The van der Waals surface area contributed by atoms with Crippen LogP contribution in [-0.4, -0.2) is 29.9 Å². The van der Waals surface area contributed by atoms with Gasteiger partial charge in [0.05, 0.1) is 5.56 Å². The maximum atomic E-state index is 11.5. The van der Waals surface area contributed by atoms with Crippen molar-refractivity contribution in [1.82, 2.24) is 15.6 Å². The molecule has 0 atom stereocenters. The number of rotatable bonds is 4. The number of halogens is 1. The minimum Gasteiger partial charge on any atom is -0.355 e. The third-order valence-corrected chi connectivity index (χ3v) is 2.24. The summed E-state index contributed by atoms with van der Waals surface area (Å²) in [7, 11) is 0. The van der Waals surface area contributed by atoms with E-state index in [-0.39, 0.29) is 11.8 Å². The number of carbonyl (C=O) groups is 2. The minimum atomic E-state index is -0.203. The molecule has 0 fully saturated rings. The highest BCUT2D eigenvalue weighted by Crippen LogP contribution is 2.05. The summed E-state index contributed by atoms with van der Waals surface area (Å²) in [6, 6.07) is 3.37. The summed E-state index contributed by atoms with van der Waals surface area (Å²) in [5.74, 6) is -0.315. The molecule has 0 saturated carbocycles. The molecule has 1 aromatic heterocycles. The van der Waals surface area contributed by atoms with Crippen LogP contribution in [0.5, 0.6) is 0 Å². The Kier molecular flexibility index (Phi) is 4.91. The van der Waals surface area contributed by atoms with E-state index in [4.69, 9.17) is 0 Å². The molecular formula is C10H12BrN3O2. The van der Waals surface area contributed by atoms with Crippen LogP contribution in [0.4, 0.5) is 0 Å². The zero-order valence-corrected chi connectivity index (χ0v) is 10.4. The second-order valence-corrected chi connectivity index (χ2v) is 3.92. The lowest BCUT2D eigenvalue weighted by atomic mass is 10.3. The van der Waals surface area contributed by atoms with Gasteiger partial charge >= 0.3 is 0 Å². The highest BCUT2D eigenvalue weighted by Gasteiger charge is 2.04. The third kappa shape index (κ3) is 4.39. The van der Waals surface area contributed by atoms with Crippen molar-refractivity contribution < 1.29 is 9.59 Å². The largest absolute Gasteiger partial charge is 0.355 e. The first-order valence-corrected chi connectivity index (χ1v) is 5.53. The molecule has 16 heavy (non-hydrogen) atoms. The normalized spacial score (nSPS) is 9.62. The van der Waals surface area contributed by atoms with Crippen molar-refractivity contribution in [3.63, 3.8) is 0 Å². The Balaban J connectivity index is 2.35. The number of nitrogens with zero attached hydrogens (tertiary/aromatic N) is 1. The summed E-state index contributed by atoms with van der Waals surface area (Å²) >= 11 is 3.18. The molecule has 0 spiro atoms. The van der Waals surface area contributed by atoms with E-state index in [0.717, 1.165) is 0 Å². The second kappa shape index (κ2) is 6.22. The van der Waals surface area contributed by atoms with Gasteiger partial charge < -0.3 is 10.6 Å². The van der Waals surface area contributed by atoms with Crippen LogP contribution in [-0.2, 0) is 4.79 Å². The minimum absolute atomic E-state index is 0.112. The van der Waals surface area contributed by atoms with Crippen molar-refractivity contribution in [1.29, 1.82) is 0 Å². The standard InChI is InChI=1S/C10H12BrN3O2/c1-7(15)12-4-5-13-10(16)8-2-3-9(11)14-6-8/h2-3,6H,4-5H2,1H3,(H,12,15)(H,13,16). The molecule has 1 rings (SSSR count). The van der Waals surface area contributed by atoms with E-state index in [1.165, 1.54) is 13.1 Å². The molecule has 2 amide bonds.